The molecule has 0 atom stereocenters. The fourth-order valence-corrected chi connectivity index (χ4v) is 6.61. The number of aryl methyl sites for hydroxylation is 1. The molecule has 4 aromatic rings. The molecule has 0 spiro atoms. The number of benzene rings is 4. The Morgan fingerprint density at radius 3 is 2.17 bits per heavy atom. The lowest BCUT2D eigenvalue weighted by atomic mass is 9.73. The van der Waals surface area contributed by atoms with Gasteiger partial charge in [-0.1, -0.05) is 108 Å². The first-order valence-electron chi connectivity index (χ1n) is 14.9. The average molecular weight is 627 g/mol. The van der Waals surface area contributed by atoms with E-state index >= 15 is 0 Å². The third kappa shape index (κ3) is 5.98. The molecule has 0 saturated heterocycles. The largest absolute Gasteiger partial charge is 0.496 e. The van der Waals surface area contributed by atoms with Crippen molar-refractivity contribution in [2.75, 3.05) is 19.0 Å². The summed E-state index contributed by atoms with van der Waals surface area (Å²) in [4.78, 5) is 17.0. The molecule has 0 aromatic heterocycles. The first-order valence-corrected chi connectivity index (χ1v) is 16.0. The van der Waals surface area contributed by atoms with Crippen molar-refractivity contribution in [1.29, 1.82) is 0 Å². The van der Waals surface area contributed by atoms with E-state index in [2.05, 4.69) is 103 Å². The van der Waals surface area contributed by atoms with Gasteiger partial charge in [0.05, 0.1) is 7.11 Å². The van der Waals surface area contributed by atoms with E-state index < -0.39 is 5.41 Å². The van der Waals surface area contributed by atoms with Gasteiger partial charge in [0.25, 0.3) is 0 Å². The molecule has 1 aliphatic carbocycles. The fraction of sp³-hybridized carbons (Fsp3) is 0.324. The highest BCUT2D eigenvalue weighted by atomic mass is 79.9. The summed E-state index contributed by atoms with van der Waals surface area (Å²) < 4.78 is 11.9. The normalized spacial score (nSPS) is 12.9. The molecule has 0 fully saturated rings. The third-order valence-electron chi connectivity index (χ3n) is 8.29. The number of fused-ring (bicyclic) bond motifs is 3. The number of carbonyl (C=O) groups excluding carboxylic acids is 1. The van der Waals surface area contributed by atoms with Crippen LogP contribution >= 0.6 is 15.9 Å². The number of amides is 1. The first kappa shape index (κ1) is 29.9. The molecule has 5 rings (SSSR count). The molecule has 0 bridgehead atoms. The lowest BCUT2D eigenvalue weighted by molar-refractivity contribution is -0.136. The van der Waals surface area contributed by atoms with Gasteiger partial charge < -0.3 is 14.4 Å². The molecule has 0 heterocycles. The molecule has 42 heavy (non-hydrogen) atoms. The number of nitrogens with zero attached hydrogens (tertiary/aromatic N) is 1. The summed E-state index contributed by atoms with van der Waals surface area (Å²) in [7, 11) is 1.68. The molecule has 0 aliphatic heterocycles. The molecule has 0 unspecified atom stereocenters. The SMILES string of the molecule is CCCN(Cc1ccc(OCc2ccc(C)cc2)cc1OC)C(=O)C1(CCCCBr)c2ccccc2-c2ccccc21. The van der Waals surface area contributed by atoms with Gasteiger partial charge in [0.1, 0.15) is 23.5 Å². The molecular weight excluding hydrogens is 586 g/mol. The maximum absolute atomic E-state index is 15.0. The van der Waals surface area contributed by atoms with E-state index in [-0.39, 0.29) is 5.91 Å². The van der Waals surface area contributed by atoms with E-state index in [0.717, 1.165) is 64.8 Å². The fourth-order valence-electron chi connectivity index (χ4n) is 6.21. The minimum Gasteiger partial charge on any atom is -0.496 e. The molecule has 1 amide bonds. The topological polar surface area (TPSA) is 38.8 Å². The summed E-state index contributed by atoms with van der Waals surface area (Å²) in [6.45, 7) is 5.83. The Bertz CT molecular complexity index is 1470. The van der Waals surface area contributed by atoms with Gasteiger partial charge in [-0.25, -0.2) is 0 Å². The average Bonchev–Trinajstić information content (AvgIpc) is 3.31. The number of unbranched alkanes of at least 4 members (excludes halogenated alkanes) is 1. The van der Waals surface area contributed by atoms with Gasteiger partial charge in [0.15, 0.2) is 0 Å². The van der Waals surface area contributed by atoms with Crippen molar-refractivity contribution in [1.82, 2.24) is 4.90 Å². The minimum absolute atomic E-state index is 0.165. The second kappa shape index (κ2) is 13.6. The molecule has 0 radical (unpaired) electrons. The Morgan fingerprint density at radius 2 is 1.55 bits per heavy atom. The summed E-state index contributed by atoms with van der Waals surface area (Å²) in [6.07, 6.45) is 3.61. The highest BCUT2D eigenvalue weighted by molar-refractivity contribution is 9.09. The highest BCUT2D eigenvalue weighted by Gasteiger charge is 2.50. The molecule has 4 nitrogen and oxygen atoms in total. The number of alkyl halides is 1. The predicted octanol–water partition coefficient (Wildman–Crippen LogP) is 8.85. The second-order valence-corrected chi connectivity index (χ2v) is 11.9. The van der Waals surface area contributed by atoms with Crippen LogP contribution in [-0.4, -0.2) is 29.8 Å². The number of carbonyl (C=O) groups is 1. The van der Waals surface area contributed by atoms with Crippen molar-refractivity contribution >= 4 is 21.8 Å². The van der Waals surface area contributed by atoms with Crippen LogP contribution in [0.4, 0.5) is 0 Å². The van der Waals surface area contributed by atoms with Crippen LogP contribution in [0.1, 0.15) is 60.4 Å². The summed E-state index contributed by atoms with van der Waals surface area (Å²) in [5, 5.41) is 0.925. The highest BCUT2D eigenvalue weighted by Crippen LogP contribution is 2.52. The van der Waals surface area contributed by atoms with E-state index in [1.807, 2.05) is 23.1 Å². The van der Waals surface area contributed by atoms with Gasteiger partial charge >= 0.3 is 0 Å². The standard InChI is InChI=1S/C37H40BrNO3/c1-4-23-39(25-29-19-20-30(24-35(29)41-3)42-26-28-17-15-27(2)16-18-28)36(40)37(21-9-10-22-38)33-13-7-5-11-31(33)32-12-6-8-14-34(32)37/h5-8,11-20,24H,4,9-10,21-23,25-26H2,1-3H3. The van der Waals surface area contributed by atoms with Crippen molar-refractivity contribution in [3.63, 3.8) is 0 Å². The number of methoxy groups -OCH3 is 1. The van der Waals surface area contributed by atoms with Crippen LogP contribution in [0.5, 0.6) is 11.5 Å². The van der Waals surface area contributed by atoms with Crippen molar-refractivity contribution in [3.05, 3.63) is 119 Å². The van der Waals surface area contributed by atoms with Crippen LogP contribution in [0.2, 0.25) is 0 Å². The maximum Gasteiger partial charge on any atom is 0.238 e. The first-order chi connectivity index (χ1) is 20.5. The molecule has 4 aromatic carbocycles. The molecule has 0 N–H and O–H groups in total. The number of rotatable bonds is 13. The predicted molar refractivity (Wildman–Crippen MR) is 175 cm³/mol. The van der Waals surface area contributed by atoms with Crippen molar-refractivity contribution in [2.45, 2.75) is 58.1 Å². The Kier molecular flexibility index (Phi) is 9.69. The zero-order valence-electron chi connectivity index (χ0n) is 24.9. The maximum atomic E-state index is 15.0. The zero-order valence-corrected chi connectivity index (χ0v) is 26.5. The summed E-state index contributed by atoms with van der Waals surface area (Å²) >= 11 is 3.60. The van der Waals surface area contributed by atoms with Crippen molar-refractivity contribution in [3.8, 4) is 22.6 Å². The van der Waals surface area contributed by atoms with Gasteiger partial charge in [-0.2, -0.15) is 0 Å². The Hall–Kier alpha value is -3.57. The van der Waals surface area contributed by atoms with Gasteiger partial charge in [-0.3, -0.25) is 4.79 Å². The molecule has 5 heteroatoms. The second-order valence-electron chi connectivity index (χ2n) is 11.1. The van der Waals surface area contributed by atoms with Crippen LogP contribution in [-0.2, 0) is 23.4 Å². The smallest absolute Gasteiger partial charge is 0.238 e. The molecule has 0 saturated carbocycles. The Labute approximate surface area is 258 Å². The van der Waals surface area contributed by atoms with Crippen LogP contribution in [0.25, 0.3) is 11.1 Å². The Balaban J connectivity index is 1.46. The van der Waals surface area contributed by atoms with E-state index in [1.165, 1.54) is 16.7 Å². The molecular formula is C37H40BrNO3. The summed E-state index contributed by atoms with van der Waals surface area (Å²) in [5.41, 5.74) is 7.19. The van der Waals surface area contributed by atoms with Crippen LogP contribution in [0, 0.1) is 6.92 Å². The van der Waals surface area contributed by atoms with Crippen LogP contribution in [0.3, 0.4) is 0 Å². The van der Waals surface area contributed by atoms with Crippen molar-refractivity contribution in [2.24, 2.45) is 0 Å². The molecule has 1 aliphatic rings. The zero-order chi connectivity index (χ0) is 29.5. The monoisotopic (exact) mass is 625 g/mol. The summed E-state index contributed by atoms with van der Waals surface area (Å²) in [6, 6.07) is 31.2. The lowest BCUT2D eigenvalue weighted by Crippen LogP contribution is -2.47. The Morgan fingerprint density at radius 1 is 0.881 bits per heavy atom. The number of hydrogen-bond donors (Lipinski definition) is 0. The van der Waals surface area contributed by atoms with E-state index in [0.29, 0.717) is 19.7 Å². The van der Waals surface area contributed by atoms with Crippen LogP contribution in [0.15, 0.2) is 91.0 Å². The minimum atomic E-state index is -0.713. The van der Waals surface area contributed by atoms with Gasteiger partial charge in [0.2, 0.25) is 5.91 Å². The number of ether oxygens (including phenoxy) is 2. The summed E-state index contributed by atoms with van der Waals surface area (Å²) in [5.74, 6) is 1.64. The number of halogens is 1. The van der Waals surface area contributed by atoms with Gasteiger partial charge in [0, 0.05) is 30.0 Å². The molecule has 218 valence electrons. The quantitative estimate of drug-likeness (QED) is 0.110. The van der Waals surface area contributed by atoms with E-state index in [9.17, 15) is 4.79 Å². The van der Waals surface area contributed by atoms with E-state index in [1.54, 1.807) is 7.11 Å². The van der Waals surface area contributed by atoms with Crippen LogP contribution < -0.4 is 9.47 Å². The van der Waals surface area contributed by atoms with Gasteiger partial charge in [-0.15, -0.1) is 0 Å². The van der Waals surface area contributed by atoms with Crippen molar-refractivity contribution < 1.29 is 14.3 Å². The lowest BCUT2D eigenvalue weighted by Gasteiger charge is -2.37. The van der Waals surface area contributed by atoms with E-state index in [4.69, 9.17) is 9.47 Å². The third-order valence-corrected chi connectivity index (χ3v) is 8.85. The number of hydrogen-bond acceptors (Lipinski definition) is 3. The van der Waals surface area contributed by atoms with Gasteiger partial charge in [-0.05, 0) is 66.1 Å².